The van der Waals surface area contributed by atoms with E-state index < -0.39 is 0 Å². The maximum atomic E-state index is 12.7. The quantitative estimate of drug-likeness (QED) is 0.730. The summed E-state index contributed by atoms with van der Waals surface area (Å²) in [6, 6.07) is 2.08. The van der Waals surface area contributed by atoms with E-state index in [1.165, 1.54) is 11.3 Å². The molecule has 0 fully saturated rings. The monoisotopic (exact) mass is 345 g/mol. The van der Waals surface area contributed by atoms with Crippen LogP contribution in [0.25, 0.3) is 20.4 Å². The lowest BCUT2D eigenvalue weighted by atomic mass is 9.95. The Bertz CT molecular complexity index is 990. The lowest BCUT2D eigenvalue weighted by Crippen LogP contribution is -2.32. The van der Waals surface area contributed by atoms with Gasteiger partial charge in [-0.2, -0.15) is 0 Å². The summed E-state index contributed by atoms with van der Waals surface area (Å²) in [5, 5.41) is 0.938. The summed E-state index contributed by atoms with van der Waals surface area (Å²) >= 11 is 1.42. The van der Waals surface area contributed by atoms with Crippen LogP contribution in [0.5, 0.6) is 0 Å². The molecular weight excluding hydrogens is 326 g/mol. The highest BCUT2D eigenvalue weighted by molar-refractivity contribution is 7.25. The number of pyridine rings is 1. The van der Waals surface area contributed by atoms with Crippen molar-refractivity contribution in [2.24, 2.45) is 0 Å². The molecule has 7 heteroatoms. The minimum absolute atomic E-state index is 0.0328. The summed E-state index contributed by atoms with van der Waals surface area (Å²) < 4.78 is 13.2. The second-order valence-electron chi connectivity index (χ2n) is 6.69. The standard InChI is InChI=1S/C17H19N3O3S/c1-17(2)7-12-10(8-23-17)6-11-13-14(24-15(11)19-12)16(21)20(9-18-13)4-5-22-3/h6,9H,4-5,7-8H2,1-3H3. The topological polar surface area (TPSA) is 66.2 Å². The van der Waals surface area contributed by atoms with Gasteiger partial charge in [-0.25, -0.2) is 9.97 Å². The highest BCUT2D eigenvalue weighted by Crippen LogP contribution is 2.34. The van der Waals surface area contributed by atoms with E-state index in [-0.39, 0.29) is 11.2 Å². The van der Waals surface area contributed by atoms with E-state index in [4.69, 9.17) is 14.5 Å². The Balaban J connectivity index is 1.89. The molecule has 0 saturated carbocycles. The van der Waals surface area contributed by atoms with Crippen LogP contribution in [0.1, 0.15) is 25.1 Å². The first-order valence-electron chi connectivity index (χ1n) is 7.92. The molecule has 0 radical (unpaired) electrons. The van der Waals surface area contributed by atoms with Crippen LogP contribution >= 0.6 is 11.3 Å². The van der Waals surface area contributed by atoms with E-state index in [1.807, 2.05) is 0 Å². The SMILES string of the molecule is COCCn1cnc2c(sc3nc4c(cc32)COC(C)(C)C4)c1=O. The first-order chi connectivity index (χ1) is 11.5. The summed E-state index contributed by atoms with van der Waals surface area (Å²) in [6.07, 6.45) is 2.37. The number of rotatable bonds is 3. The first-order valence-corrected chi connectivity index (χ1v) is 8.73. The Morgan fingerprint density at radius 1 is 1.46 bits per heavy atom. The minimum Gasteiger partial charge on any atom is -0.383 e. The molecule has 0 aliphatic carbocycles. The molecule has 126 valence electrons. The van der Waals surface area contributed by atoms with Crippen LogP contribution in [-0.2, 0) is 29.0 Å². The van der Waals surface area contributed by atoms with Crippen molar-refractivity contribution >= 4 is 31.8 Å². The van der Waals surface area contributed by atoms with Gasteiger partial charge in [0.1, 0.15) is 9.53 Å². The highest BCUT2D eigenvalue weighted by Gasteiger charge is 2.28. The van der Waals surface area contributed by atoms with Gasteiger partial charge < -0.3 is 9.47 Å². The average Bonchev–Trinajstić information content (AvgIpc) is 2.90. The lowest BCUT2D eigenvalue weighted by molar-refractivity contribution is -0.0411. The van der Waals surface area contributed by atoms with Gasteiger partial charge in [0, 0.05) is 24.5 Å². The number of aromatic nitrogens is 3. The number of fused-ring (bicyclic) bond motifs is 4. The van der Waals surface area contributed by atoms with Crippen molar-refractivity contribution in [3.05, 3.63) is 34.0 Å². The van der Waals surface area contributed by atoms with Crippen LogP contribution in [-0.4, -0.2) is 33.9 Å². The predicted molar refractivity (Wildman–Crippen MR) is 93.6 cm³/mol. The van der Waals surface area contributed by atoms with Crippen molar-refractivity contribution in [3.8, 4) is 0 Å². The van der Waals surface area contributed by atoms with Crippen molar-refractivity contribution in [2.75, 3.05) is 13.7 Å². The summed E-state index contributed by atoms with van der Waals surface area (Å²) in [6.45, 7) is 5.68. The molecule has 0 amide bonds. The Labute approximate surface area is 143 Å². The summed E-state index contributed by atoms with van der Waals surface area (Å²) in [5.74, 6) is 0. The summed E-state index contributed by atoms with van der Waals surface area (Å²) in [7, 11) is 1.62. The molecule has 3 aromatic rings. The van der Waals surface area contributed by atoms with Gasteiger partial charge in [0.05, 0.1) is 42.9 Å². The smallest absolute Gasteiger partial charge is 0.271 e. The van der Waals surface area contributed by atoms with Crippen molar-refractivity contribution in [3.63, 3.8) is 0 Å². The van der Waals surface area contributed by atoms with Crippen LogP contribution in [0.3, 0.4) is 0 Å². The third kappa shape index (κ3) is 2.53. The normalized spacial score (nSPS) is 16.6. The maximum absolute atomic E-state index is 12.7. The van der Waals surface area contributed by atoms with E-state index in [2.05, 4.69) is 24.9 Å². The molecule has 0 spiro atoms. The molecule has 0 saturated heterocycles. The van der Waals surface area contributed by atoms with E-state index in [9.17, 15) is 4.79 Å². The molecule has 0 aromatic carbocycles. The molecule has 3 aromatic heterocycles. The molecule has 4 rings (SSSR count). The van der Waals surface area contributed by atoms with Gasteiger partial charge in [0.15, 0.2) is 0 Å². The molecule has 0 N–H and O–H groups in total. The van der Waals surface area contributed by atoms with Crippen molar-refractivity contribution in [2.45, 2.75) is 39.0 Å². The highest BCUT2D eigenvalue weighted by atomic mass is 32.1. The minimum atomic E-state index is -0.199. The van der Waals surface area contributed by atoms with Crippen LogP contribution in [0.2, 0.25) is 0 Å². The fourth-order valence-corrected chi connectivity index (χ4v) is 4.11. The Kier molecular flexibility index (Phi) is 3.67. The fraction of sp³-hybridized carbons (Fsp3) is 0.471. The largest absolute Gasteiger partial charge is 0.383 e. The number of hydrogen-bond acceptors (Lipinski definition) is 6. The summed E-state index contributed by atoms with van der Waals surface area (Å²) in [5.41, 5.74) is 2.65. The van der Waals surface area contributed by atoms with Crippen molar-refractivity contribution in [1.29, 1.82) is 0 Å². The van der Waals surface area contributed by atoms with Crippen LogP contribution in [0.15, 0.2) is 17.2 Å². The van der Waals surface area contributed by atoms with Crippen molar-refractivity contribution < 1.29 is 9.47 Å². The van der Waals surface area contributed by atoms with Crippen LogP contribution in [0.4, 0.5) is 0 Å². The number of nitrogens with zero attached hydrogens (tertiary/aromatic N) is 3. The second kappa shape index (κ2) is 5.61. The molecule has 24 heavy (non-hydrogen) atoms. The van der Waals surface area contributed by atoms with Crippen LogP contribution < -0.4 is 5.56 Å². The Morgan fingerprint density at radius 2 is 2.29 bits per heavy atom. The zero-order chi connectivity index (χ0) is 16.9. The van der Waals surface area contributed by atoms with Crippen LogP contribution in [0, 0.1) is 0 Å². The third-order valence-electron chi connectivity index (χ3n) is 4.35. The van der Waals surface area contributed by atoms with Gasteiger partial charge in [0.25, 0.3) is 5.56 Å². The van der Waals surface area contributed by atoms with Gasteiger partial charge >= 0.3 is 0 Å². The molecular formula is C17H19N3O3S. The number of thiophene rings is 1. The molecule has 6 nitrogen and oxygen atoms in total. The van der Waals surface area contributed by atoms with E-state index in [0.29, 0.717) is 24.5 Å². The zero-order valence-corrected chi connectivity index (χ0v) is 14.8. The van der Waals surface area contributed by atoms with Gasteiger partial charge in [-0.05, 0) is 19.9 Å². The average molecular weight is 345 g/mol. The molecule has 1 aliphatic heterocycles. The number of ether oxygens (including phenoxy) is 2. The third-order valence-corrected chi connectivity index (χ3v) is 5.43. The summed E-state index contributed by atoms with van der Waals surface area (Å²) in [4.78, 5) is 22.8. The van der Waals surface area contributed by atoms with Gasteiger partial charge in [-0.15, -0.1) is 11.3 Å². The Morgan fingerprint density at radius 3 is 3.08 bits per heavy atom. The van der Waals surface area contributed by atoms with Gasteiger partial charge in [0.2, 0.25) is 0 Å². The lowest BCUT2D eigenvalue weighted by Gasteiger charge is -2.30. The van der Waals surface area contributed by atoms with Gasteiger partial charge in [-0.1, -0.05) is 0 Å². The Hall–Kier alpha value is -1.83. The predicted octanol–water partition coefficient (Wildman–Crippen LogP) is 2.50. The maximum Gasteiger partial charge on any atom is 0.271 e. The zero-order valence-electron chi connectivity index (χ0n) is 14.0. The first kappa shape index (κ1) is 15.7. The molecule has 1 aliphatic rings. The number of methoxy groups -OCH3 is 1. The molecule has 4 heterocycles. The van der Waals surface area contributed by atoms with E-state index in [0.717, 1.165) is 33.4 Å². The molecule has 0 bridgehead atoms. The number of hydrogen-bond donors (Lipinski definition) is 0. The molecule has 0 unspecified atom stereocenters. The fourth-order valence-electron chi connectivity index (χ4n) is 3.03. The van der Waals surface area contributed by atoms with Crippen molar-refractivity contribution in [1.82, 2.24) is 14.5 Å². The second-order valence-corrected chi connectivity index (χ2v) is 7.69. The van der Waals surface area contributed by atoms with E-state index in [1.54, 1.807) is 18.0 Å². The van der Waals surface area contributed by atoms with E-state index >= 15 is 0 Å². The van der Waals surface area contributed by atoms with Gasteiger partial charge in [-0.3, -0.25) is 9.36 Å². The molecule has 0 atom stereocenters.